The Morgan fingerprint density at radius 1 is 1.06 bits per heavy atom. The summed E-state index contributed by atoms with van der Waals surface area (Å²) in [5, 5.41) is 6.37. The van der Waals surface area contributed by atoms with Crippen molar-refractivity contribution in [2.75, 3.05) is 38.2 Å². The van der Waals surface area contributed by atoms with Crippen LogP contribution in [0.25, 0.3) is 0 Å². The predicted octanol–water partition coefficient (Wildman–Crippen LogP) is 2.43. The van der Waals surface area contributed by atoms with Crippen molar-refractivity contribution in [1.82, 2.24) is 19.5 Å². The number of sulfonamides is 1. The van der Waals surface area contributed by atoms with Crippen molar-refractivity contribution < 1.29 is 22.7 Å². The summed E-state index contributed by atoms with van der Waals surface area (Å²) in [6, 6.07) is 6.11. The Morgan fingerprint density at radius 3 is 2.49 bits per heavy atom. The number of amides is 3. The molecule has 3 amide bonds. The molecule has 0 bridgehead atoms. The number of ether oxygens (including phenoxy) is 1. The molecule has 1 aromatic heterocycles. The van der Waals surface area contributed by atoms with E-state index in [0.29, 0.717) is 56.5 Å². The Morgan fingerprint density at radius 2 is 1.77 bits per heavy atom. The molecule has 0 atom stereocenters. The Kier molecular flexibility index (Phi) is 7.05. The van der Waals surface area contributed by atoms with Gasteiger partial charge in [-0.15, -0.1) is 0 Å². The second kappa shape index (κ2) is 10.2. The zero-order valence-corrected chi connectivity index (χ0v) is 21.0. The highest BCUT2D eigenvalue weighted by Gasteiger charge is 2.28. The number of hydrogen-bond acceptors (Lipinski definition) is 7. The minimum atomic E-state index is -3.60. The van der Waals surface area contributed by atoms with Crippen molar-refractivity contribution in [2.45, 2.75) is 49.6 Å². The first-order chi connectivity index (χ1) is 16.9. The molecule has 188 valence electrons. The van der Waals surface area contributed by atoms with Crippen LogP contribution in [-0.2, 0) is 27.7 Å². The number of nitrogens with zero attached hydrogens (tertiary/aromatic N) is 3. The Bertz CT molecular complexity index is 1190. The van der Waals surface area contributed by atoms with Crippen LogP contribution in [-0.4, -0.2) is 73.4 Å². The van der Waals surface area contributed by atoms with E-state index in [1.165, 1.54) is 27.8 Å². The van der Waals surface area contributed by atoms with Gasteiger partial charge < -0.3 is 15.0 Å². The maximum atomic E-state index is 13.1. The quantitative estimate of drug-likeness (QED) is 0.626. The Balaban J connectivity index is 1.21. The first kappa shape index (κ1) is 24.2. The number of fused-ring (bicyclic) bond motifs is 1. The fraction of sp³-hybridized carbons (Fsp3) is 0.522. The molecule has 1 saturated heterocycles. The van der Waals surface area contributed by atoms with Gasteiger partial charge in [-0.25, -0.2) is 18.2 Å². The molecule has 0 spiro atoms. The molecule has 2 aliphatic heterocycles. The van der Waals surface area contributed by atoms with Crippen molar-refractivity contribution in [3.63, 3.8) is 0 Å². The fourth-order valence-electron chi connectivity index (χ4n) is 4.70. The first-order valence-electron chi connectivity index (χ1n) is 11.9. The topological polar surface area (TPSA) is 121 Å². The third-order valence-electron chi connectivity index (χ3n) is 6.64. The van der Waals surface area contributed by atoms with Gasteiger partial charge in [0.1, 0.15) is 0 Å². The number of carbonyl (C=O) groups is 2. The zero-order valence-electron chi connectivity index (χ0n) is 19.4. The average molecular weight is 520 g/mol. The minimum Gasteiger partial charge on any atom is -0.379 e. The summed E-state index contributed by atoms with van der Waals surface area (Å²) >= 11 is 1.39. The summed E-state index contributed by atoms with van der Waals surface area (Å²) in [5.41, 5.74) is 1.34. The highest BCUT2D eigenvalue weighted by molar-refractivity contribution is 7.89. The van der Waals surface area contributed by atoms with Crippen LogP contribution in [0.4, 0.5) is 9.93 Å². The molecule has 1 saturated carbocycles. The van der Waals surface area contributed by atoms with Gasteiger partial charge in [0, 0.05) is 42.5 Å². The number of anilines is 1. The van der Waals surface area contributed by atoms with Crippen LogP contribution >= 0.6 is 11.3 Å². The third-order valence-corrected chi connectivity index (χ3v) is 9.55. The lowest BCUT2D eigenvalue weighted by Gasteiger charge is -2.27. The minimum absolute atomic E-state index is 0.159. The summed E-state index contributed by atoms with van der Waals surface area (Å²) < 4.78 is 32.3. The largest absolute Gasteiger partial charge is 0.379 e. The number of rotatable bonds is 5. The normalized spacial score (nSPS) is 19.4. The number of hydrogen-bond donors (Lipinski definition) is 2. The standard InChI is InChI=1S/C23H29N5O5S2/c29-21(16-5-7-18(8-6-16)35(31,32)28-11-13-33-14-12-28)27-10-9-19-20(15-27)34-23(25-19)26-22(30)24-17-3-1-2-4-17/h5-8,17H,1-4,9-15H2,(H2,24,25,26,30). The number of carbonyl (C=O) groups excluding carboxylic acids is 2. The van der Waals surface area contributed by atoms with E-state index in [4.69, 9.17) is 4.74 Å². The molecule has 2 N–H and O–H groups in total. The van der Waals surface area contributed by atoms with E-state index in [1.807, 2.05) is 0 Å². The van der Waals surface area contributed by atoms with Crippen LogP contribution in [0.2, 0.25) is 0 Å². The highest BCUT2D eigenvalue weighted by atomic mass is 32.2. The lowest BCUT2D eigenvalue weighted by molar-refractivity contribution is 0.0730. The summed E-state index contributed by atoms with van der Waals surface area (Å²) in [4.78, 5) is 32.8. The maximum absolute atomic E-state index is 13.1. The molecule has 2 fully saturated rings. The van der Waals surface area contributed by atoms with Gasteiger partial charge in [-0.1, -0.05) is 24.2 Å². The van der Waals surface area contributed by atoms with Gasteiger partial charge in [0.2, 0.25) is 10.0 Å². The molecule has 10 nitrogen and oxygen atoms in total. The first-order valence-corrected chi connectivity index (χ1v) is 14.2. The van der Waals surface area contributed by atoms with Gasteiger partial charge in [-0.05, 0) is 37.1 Å². The highest BCUT2D eigenvalue weighted by Crippen LogP contribution is 2.29. The number of nitrogens with one attached hydrogen (secondary N) is 2. The van der Waals surface area contributed by atoms with E-state index in [9.17, 15) is 18.0 Å². The van der Waals surface area contributed by atoms with Gasteiger partial charge in [0.15, 0.2) is 5.13 Å². The van der Waals surface area contributed by atoms with Gasteiger partial charge in [-0.3, -0.25) is 10.1 Å². The van der Waals surface area contributed by atoms with Crippen LogP contribution in [0.5, 0.6) is 0 Å². The van der Waals surface area contributed by atoms with E-state index in [0.717, 1.165) is 36.3 Å². The molecular formula is C23H29N5O5S2. The van der Waals surface area contributed by atoms with Crippen molar-refractivity contribution in [1.29, 1.82) is 0 Å². The van der Waals surface area contributed by atoms with E-state index in [-0.39, 0.29) is 22.9 Å². The smallest absolute Gasteiger partial charge is 0.321 e. The van der Waals surface area contributed by atoms with E-state index in [2.05, 4.69) is 15.6 Å². The summed E-state index contributed by atoms with van der Waals surface area (Å²) in [5.74, 6) is -0.159. The second-order valence-corrected chi connectivity index (χ2v) is 12.0. The van der Waals surface area contributed by atoms with Crippen molar-refractivity contribution in [3.8, 4) is 0 Å². The van der Waals surface area contributed by atoms with Crippen LogP contribution in [0.15, 0.2) is 29.2 Å². The molecule has 1 aliphatic carbocycles. The molecule has 5 rings (SSSR count). The average Bonchev–Trinajstić information content (AvgIpc) is 3.53. The van der Waals surface area contributed by atoms with E-state index in [1.54, 1.807) is 17.0 Å². The molecule has 1 aromatic carbocycles. The van der Waals surface area contributed by atoms with Crippen molar-refractivity contribution in [2.24, 2.45) is 0 Å². The summed E-state index contributed by atoms with van der Waals surface area (Å²) in [7, 11) is -3.60. The lowest BCUT2D eigenvalue weighted by atomic mass is 10.1. The number of benzene rings is 1. The van der Waals surface area contributed by atoms with Gasteiger partial charge in [-0.2, -0.15) is 4.31 Å². The molecule has 3 aliphatic rings. The number of thiazole rings is 1. The fourth-order valence-corrected chi connectivity index (χ4v) is 7.13. The Labute approximate surface area is 208 Å². The molecule has 3 heterocycles. The summed E-state index contributed by atoms with van der Waals surface area (Å²) in [6.45, 7) is 2.34. The van der Waals surface area contributed by atoms with Crippen molar-refractivity contribution in [3.05, 3.63) is 40.4 Å². The lowest BCUT2D eigenvalue weighted by Crippen LogP contribution is -2.40. The van der Waals surface area contributed by atoms with Crippen molar-refractivity contribution >= 4 is 38.4 Å². The monoisotopic (exact) mass is 519 g/mol. The summed E-state index contributed by atoms with van der Waals surface area (Å²) in [6.07, 6.45) is 4.92. The van der Waals surface area contributed by atoms with Crippen LogP contribution in [0.3, 0.4) is 0 Å². The van der Waals surface area contributed by atoms with E-state index < -0.39 is 10.0 Å². The third kappa shape index (κ3) is 5.35. The molecular weight excluding hydrogens is 490 g/mol. The van der Waals surface area contributed by atoms with Gasteiger partial charge in [0.25, 0.3) is 5.91 Å². The van der Waals surface area contributed by atoms with E-state index >= 15 is 0 Å². The molecule has 0 unspecified atom stereocenters. The number of aromatic nitrogens is 1. The predicted molar refractivity (Wildman–Crippen MR) is 131 cm³/mol. The van der Waals surface area contributed by atoms with Gasteiger partial charge >= 0.3 is 6.03 Å². The molecule has 12 heteroatoms. The molecule has 0 radical (unpaired) electrons. The van der Waals surface area contributed by atoms with Crippen LogP contribution in [0.1, 0.15) is 46.6 Å². The molecule has 35 heavy (non-hydrogen) atoms. The van der Waals surface area contributed by atoms with Crippen LogP contribution in [0, 0.1) is 0 Å². The van der Waals surface area contributed by atoms with Gasteiger partial charge in [0.05, 0.1) is 30.3 Å². The SMILES string of the molecule is O=C(Nc1nc2c(s1)CN(C(=O)c1ccc(S(=O)(=O)N3CCOCC3)cc1)CC2)NC1CCCC1. The molecule has 2 aromatic rings. The van der Waals surface area contributed by atoms with Crippen LogP contribution < -0.4 is 10.6 Å². The number of morpholine rings is 1. The zero-order chi connectivity index (χ0) is 24.4. The Hall–Kier alpha value is -2.54. The maximum Gasteiger partial charge on any atom is 0.321 e. The second-order valence-electron chi connectivity index (χ2n) is 8.99. The number of urea groups is 1.